The fourth-order valence-electron chi connectivity index (χ4n) is 17.6. The lowest BCUT2D eigenvalue weighted by molar-refractivity contribution is -0.0517. The first-order valence-corrected chi connectivity index (χ1v) is 45.4. The number of rotatable bonds is 10. The van der Waals surface area contributed by atoms with Crippen LogP contribution in [0.15, 0.2) is 12.2 Å². The van der Waals surface area contributed by atoms with E-state index in [0.717, 1.165) is 186 Å². The van der Waals surface area contributed by atoms with E-state index in [9.17, 15) is 0 Å². The molecule has 0 N–H and O–H groups in total. The van der Waals surface area contributed by atoms with Gasteiger partial charge in [-0.1, -0.05) is 147 Å². The van der Waals surface area contributed by atoms with Gasteiger partial charge in [0, 0.05) is 44.8 Å². The molecule has 6 saturated heterocycles. The third kappa shape index (κ3) is 8.98. The largest absolute Gasteiger partial charge is 0.482 e. The Balaban J connectivity index is 1.06. The van der Waals surface area contributed by atoms with Gasteiger partial charge >= 0.3 is 70.4 Å². The summed E-state index contributed by atoms with van der Waals surface area (Å²) in [6.45, 7) is 0. The quantitative estimate of drug-likeness (QED) is 0.153. The Kier molecular flexibility index (Phi) is 14.1. The molecular formula is C51H90O12Si8. The summed E-state index contributed by atoms with van der Waals surface area (Å²) >= 11 is 0. The van der Waals surface area contributed by atoms with Crippen LogP contribution in [0.2, 0.25) is 44.8 Å². The molecule has 0 spiro atoms. The standard InChI is InChI=1S/C51H90O12Si8/c1-8-22-45(23-9-1)65-52-64(39-38-44-41-42-36-37-43(44)40-42)53-66(46-24-10-2-11-25-46)57-68(55-65,48-28-14-4-15-29-48)61-71(51-34-20-7-21-35-51)62-69(56-65,49-30-16-5-17-31-49)58-67(54-64,47-26-12-3-13-27-47)60-70(59-66,63-71)50-32-18-6-19-33-50/h36-37,42-51H,1-35,38-41H2. The fraction of sp³-hybridized carbons (Fsp3) is 0.961. The molecule has 15 aliphatic rings. The molecular weight excluding hydrogens is 1030 g/mol. The average Bonchev–Trinajstić information content (AvgIpc) is 4.04. The second-order valence-electron chi connectivity index (χ2n) is 26.1. The van der Waals surface area contributed by atoms with Crippen molar-refractivity contribution in [2.75, 3.05) is 0 Å². The monoisotopic (exact) mass is 1120 g/mol. The highest BCUT2D eigenvalue weighted by Gasteiger charge is 2.88. The van der Waals surface area contributed by atoms with Gasteiger partial charge in [-0.2, -0.15) is 0 Å². The minimum absolute atomic E-state index is 0.0620. The van der Waals surface area contributed by atoms with Crippen LogP contribution in [0.5, 0.6) is 0 Å². The normalized spacial score (nSPS) is 48.9. The molecule has 0 amide bonds. The van der Waals surface area contributed by atoms with Gasteiger partial charge in [0.25, 0.3) is 0 Å². The maximum Gasteiger partial charge on any atom is 0.482 e. The highest BCUT2D eigenvalue weighted by molar-refractivity contribution is 7.04. The molecule has 15 rings (SSSR count). The van der Waals surface area contributed by atoms with Crippen LogP contribution >= 0.6 is 0 Å². The second-order valence-corrected chi connectivity index (χ2v) is 51.9. The number of allylic oxidation sites excluding steroid dienone is 2. The molecule has 10 bridgehead atoms. The molecule has 12 nitrogen and oxygen atoms in total. The van der Waals surface area contributed by atoms with E-state index >= 15 is 0 Å². The summed E-state index contributed by atoms with van der Waals surface area (Å²) in [5.74, 6) is 1.84. The van der Waals surface area contributed by atoms with E-state index in [4.69, 9.17) is 49.4 Å². The summed E-state index contributed by atoms with van der Waals surface area (Å²) in [7, 11) is -32.0. The lowest BCUT2D eigenvalue weighted by atomic mass is 9.91. The Bertz CT molecular complexity index is 1730. The summed E-state index contributed by atoms with van der Waals surface area (Å²) in [4.78, 5) is 0. The van der Waals surface area contributed by atoms with Crippen molar-refractivity contribution in [1.82, 2.24) is 0 Å². The van der Waals surface area contributed by atoms with Crippen LogP contribution in [0.3, 0.4) is 0 Å². The average molecular weight is 1120 g/mol. The third-order valence-corrected chi connectivity index (χ3v) is 61.0. The first-order chi connectivity index (χ1) is 34.8. The Morgan fingerprint density at radius 1 is 0.268 bits per heavy atom. The highest BCUT2D eigenvalue weighted by atomic mass is 28.6. The lowest BCUT2D eigenvalue weighted by Crippen LogP contribution is -2.91. The molecule has 0 radical (unpaired) electrons. The molecule has 20 heteroatoms. The van der Waals surface area contributed by atoms with E-state index in [2.05, 4.69) is 12.2 Å². The summed E-state index contributed by atoms with van der Waals surface area (Å²) in [5.41, 5.74) is 0.452. The zero-order valence-corrected chi connectivity index (χ0v) is 51.4. The van der Waals surface area contributed by atoms with Crippen molar-refractivity contribution in [3.63, 3.8) is 0 Å². The van der Waals surface area contributed by atoms with Crippen molar-refractivity contribution >= 4 is 70.4 Å². The van der Waals surface area contributed by atoms with Crippen molar-refractivity contribution in [1.29, 1.82) is 0 Å². The molecule has 9 aliphatic carbocycles. The summed E-state index contributed by atoms with van der Waals surface area (Å²) in [6, 6.07) is 0.697. The van der Waals surface area contributed by atoms with E-state index in [1.165, 1.54) is 57.8 Å². The number of hydrogen-bond donors (Lipinski definition) is 0. The Hall–Kier alpha value is 0.995. The minimum atomic E-state index is -4.00. The van der Waals surface area contributed by atoms with Crippen molar-refractivity contribution in [2.45, 2.75) is 289 Å². The SMILES string of the molecule is C1=CC2CC1CC2CC[Si]12O[Si]3(C4CCCCC4)O[Si]4(C5CCCCC5)O[Si](C5CCCCC5)(O1)O[Si]1(C5CCCCC5)O[Si](C5CCCCC5)(O2)O[Si](C2CCCCC2)(O3)O[Si](C2CCCCC2)(O4)O1. The molecule has 398 valence electrons. The van der Waals surface area contributed by atoms with E-state index in [-0.39, 0.29) is 38.8 Å². The van der Waals surface area contributed by atoms with Crippen LogP contribution in [0.25, 0.3) is 0 Å². The molecule has 14 fully saturated rings. The molecule has 0 aromatic carbocycles. The van der Waals surface area contributed by atoms with Crippen LogP contribution < -0.4 is 0 Å². The van der Waals surface area contributed by atoms with Gasteiger partial charge in [-0.25, -0.2) is 0 Å². The van der Waals surface area contributed by atoms with Gasteiger partial charge in [-0.3, -0.25) is 0 Å². The Morgan fingerprint density at radius 3 is 0.718 bits per heavy atom. The van der Waals surface area contributed by atoms with Gasteiger partial charge in [0.05, 0.1) is 0 Å². The third-order valence-electron chi connectivity index (χ3n) is 21.4. The van der Waals surface area contributed by atoms with Crippen LogP contribution in [-0.2, 0) is 49.4 Å². The second kappa shape index (κ2) is 20.0. The van der Waals surface area contributed by atoms with Gasteiger partial charge in [-0.15, -0.1) is 0 Å². The molecule has 3 atom stereocenters. The molecule has 6 aliphatic heterocycles. The van der Waals surface area contributed by atoms with E-state index in [1.54, 1.807) is 0 Å². The maximum absolute atomic E-state index is 8.79. The zero-order valence-electron chi connectivity index (χ0n) is 43.4. The molecule has 0 aromatic rings. The maximum atomic E-state index is 8.79. The Morgan fingerprint density at radius 2 is 0.507 bits per heavy atom. The van der Waals surface area contributed by atoms with Crippen LogP contribution in [-0.4, -0.2) is 70.4 Å². The van der Waals surface area contributed by atoms with Crippen LogP contribution in [0, 0.1) is 17.8 Å². The first-order valence-electron chi connectivity index (χ1n) is 30.9. The number of hydrogen-bond acceptors (Lipinski definition) is 12. The summed E-state index contributed by atoms with van der Waals surface area (Å²) in [6.07, 6.45) is 47.0. The van der Waals surface area contributed by atoms with E-state index in [0.29, 0.717) is 23.8 Å². The van der Waals surface area contributed by atoms with Crippen molar-refractivity contribution in [3.05, 3.63) is 12.2 Å². The molecule has 3 unspecified atom stereocenters. The lowest BCUT2D eigenvalue weighted by Gasteiger charge is -2.68. The summed E-state index contributed by atoms with van der Waals surface area (Å²) in [5, 5.41) is 0. The first kappa shape index (κ1) is 50.2. The minimum Gasteiger partial charge on any atom is -0.373 e. The van der Waals surface area contributed by atoms with Gasteiger partial charge in [0.1, 0.15) is 0 Å². The fourth-order valence-corrected chi connectivity index (χ4v) is 73.9. The van der Waals surface area contributed by atoms with Gasteiger partial charge < -0.3 is 49.4 Å². The van der Waals surface area contributed by atoms with Crippen molar-refractivity contribution in [3.8, 4) is 0 Å². The molecule has 8 saturated carbocycles. The number of fused-ring (bicyclic) bond motifs is 2. The molecule has 71 heavy (non-hydrogen) atoms. The zero-order chi connectivity index (χ0) is 47.3. The van der Waals surface area contributed by atoms with Crippen molar-refractivity contribution < 1.29 is 49.4 Å². The van der Waals surface area contributed by atoms with Gasteiger partial charge in [0.2, 0.25) is 0 Å². The van der Waals surface area contributed by atoms with Gasteiger partial charge in [0.15, 0.2) is 0 Å². The predicted octanol–water partition coefficient (Wildman–Crippen LogP) is 14.7. The van der Waals surface area contributed by atoms with Crippen LogP contribution in [0.4, 0.5) is 0 Å². The molecule has 6 heterocycles. The van der Waals surface area contributed by atoms with Gasteiger partial charge in [-0.05, 0) is 127 Å². The van der Waals surface area contributed by atoms with E-state index < -0.39 is 70.4 Å². The smallest absolute Gasteiger partial charge is 0.373 e. The van der Waals surface area contributed by atoms with Crippen molar-refractivity contribution in [2.24, 2.45) is 17.8 Å². The molecule has 0 aromatic heterocycles. The predicted molar refractivity (Wildman–Crippen MR) is 285 cm³/mol. The summed E-state index contributed by atoms with van der Waals surface area (Å²) < 4.78 is 105. The van der Waals surface area contributed by atoms with E-state index in [1.807, 2.05) is 0 Å². The Labute approximate surface area is 436 Å². The topological polar surface area (TPSA) is 111 Å². The van der Waals surface area contributed by atoms with Crippen LogP contribution in [0.1, 0.15) is 244 Å². The highest BCUT2D eigenvalue weighted by Crippen LogP contribution is 2.66.